The molecule has 0 fully saturated rings. The third-order valence-electron chi connectivity index (χ3n) is 3.66. The van der Waals surface area contributed by atoms with Gasteiger partial charge in [0, 0.05) is 12.6 Å². The van der Waals surface area contributed by atoms with Crippen molar-refractivity contribution in [2.24, 2.45) is 0 Å². The Morgan fingerprint density at radius 3 is 2.36 bits per heavy atom. The molecule has 0 aliphatic carbocycles. The lowest BCUT2D eigenvalue weighted by Crippen LogP contribution is -2.40. The monoisotopic (exact) mass is 308 g/mol. The number of methoxy groups -OCH3 is 2. The van der Waals surface area contributed by atoms with Gasteiger partial charge in [-0.3, -0.25) is 9.69 Å². The van der Waals surface area contributed by atoms with Gasteiger partial charge in [0.1, 0.15) is 0 Å². The van der Waals surface area contributed by atoms with E-state index >= 15 is 0 Å². The average molecular weight is 308 g/mol. The van der Waals surface area contributed by atoms with Crippen molar-refractivity contribution in [1.29, 1.82) is 0 Å². The van der Waals surface area contributed by atoms with Crippen LogP contribution in [0, 0.1) is 0 Å². The van der Waals surface area contributed by atoms with Crippen LogP contribution in [0.2, 0.25) is 0 Å². The number of hydrogen-bond donors (Lipinski definition) is 1. The Morgan fingerprint density at radius 1 is 1.18 bits per heavy atom. The molecule has 1 aromatic carbocycles. The lowest BCUT2D eigenvalue weighted by molar-refractivity contribution is -0.122. The molecule has 0 aromatic heterocycles. The zero-order valence-corrected chi connectivity index (χ0v) is 14.3. The minimum absolute atomic E-state index is 0.0664. The summed E-state index contributed by atoms with van der Waals surface area (Å²) >= 11 is 0. The number of nitrogens with zero attached hydrogens (tertiary/aromatic N) is 1. The number of amides is 1. The maximum atomic E-state index is 12.0. The molecule has 0 saturated heterocycles. The molecule has 0 saturated carbocycles. The molecule has 1 rings (SSSR count). The fraction of sp³-hybridized carbons (Fsp3) is 0.588. The van der Waals surface area contributed by atoms with Crippen molar-refractivity contribution in [3.8, 4) is 11.5 Å². The fourth-order valence-electron chi connectivity index (χ4n) is 2.36. The standard InChI is InChI=1S/C17H28N2O3/c1-6-14(7-2)18-17(20)12-19(3)11-13-8-9-15(21-4)16(10-13)22-5/h8-10,14H,6-7,11-12H2,1-5H3,(H,18,20). The summed E-state index contributed by atoms with van der Waals surface area (Å²) in [7, 11) is 5.17. The maximum Gasteiger partial charge on any atom is 0.234 e. The second-order valence-electron chi connectivity index (χ2n) is 5.44. The number of carbonyl (C=O) groups is 1. The van der Waals surface area contributed by atoms with Crippen LogP contribution in [-0.2, 0) is 11.3 Å². The molecule has 0 atom stereocenters. The summed E-state index contributed by atoms with van der Waals surface area (Å²) < 4.78 is 10.5. The maximum absolute atomic E-state index is 12.0. The fourth-order valence-corrected chi connectivity index (χ4v) is 2.36. The molecule has 0 bridgehead atoms. The topological polar surface area (TPSA) is 50.8 Å². The van der Waals surface area contributed by atoms with E-state index < -0.39 is 0 Å². The van der Waals surface area contributed by atoms with Crippen LogP contribution in [0.25, 0.3) is 0 Å². The van der Waals surface area contributed by atoms with Gasteiger partial charge in [0.25, 0.3) is 0 Å². The Bertz CT molecular complexity index is 473. The molecular weight excluding hydrogens is 280 g/mol. The normalized spacial score (nSPS) is 10.9. The molecule has 0 heterocycles. The van der Waals surface area contributed by atoms with Gasteiger partial charge < -0.3 is 14.8 Å². The number of benzene rings is 1. The molecule has 0 spiro atoms. The number of ether oxygens (including phenoxy) is 2. The van der Waals surface area contributed by atoms with Gasteiger partial charge in [-0.2, -0.15) is 0 Å². The molecule has 5 heteroatoms. The van der Waals surface area contributed by atoms with E-state index in [9.17, 15) is 4.79 Å². The minimum atomic E-state index is 0.0664. The van der Waals surface area contributed by atoms with Crippen LogP contribution in [0.5, 0.6) is 11.5 Å². The SMILES string of the molecule is CCC(CC)NC(=O)CN(C)Cc1ccc(OC)c(OC)c1. The molecular formula is C17H28N2O3. The highest BCUT2D eigenvalue weighted by Crippen LogP contribution is 2.27. The zero-order valence-electron chi connectivity index (χ0n) is 14.3. The Kier molecular flexibility index (Phi) is 7.74. The van der Waals surface area contributed by atoms with E-state index in [1.807, 2.05) is 30.1 Å². The van der Waals surface area contributed by atoms with Crippen LogP contribution in [0.1, 0.15) is 32.3 Å². The van der Waals surface area contributed by atoms with E-state index in [0.717, 1.165) is 18.4 Å². The average Bonchev–Trinajstić information content (AvgIpc) is 2.52. The number of carbonyl (C=O) groups excluding carboxylic acids is 1. The summed E-state index contributed by atoms with van der Waals surface area (Å²) in [5.41, 5.74) is 1.08. The lowest BCUT2D eigenvalue weighted by atomic mass is 10.1. The van der Waals surface area contributed by atoms with Crippen LogP contribution < -0.4 is 14.8 Å². The molecule has 124 valence electrons. The first-order valence-corrected chi connectivity index (χ1v) is 7.72. The van der Waals surface area contributed by atoms with E-state index in [-0.39, 0.29) is 11.9 Å². The van der Waals surface area contributed by atoms with Crippen LogP contribution in [-0.4, -0.2) is 44.7 Å². The molecule has 0 unspecified atom stereocenters. The molecule has 1 amide bonds. The third kappa shape index (κ3) is 5.56. The van der Waals surface area contributed by atoms with Gasteiger partial charge in [-0.05, 0) is 37.6 Å². The smallest absolute Gasteiger partial charge is 0.234 e. The Labute approximate surface area is 133 Å². The first kappa shape index (κ1) is 18.3. The number of likely N-dealkylation sites (N-methyl/N-ethyl adjacent to an activating group) is 1. The predicted molar refractivity (Wildman–Crippen MR) is 88.4 cm³/mol. The van der Waals surface area contributed by atoms with Gasteiger partial charge in [-0.15, -0.1) is 0 Å². The first-order chi connectivity index (χ1) is 10.5. The van der Waals surface area contributed by atoms with Gasteiger partial charge in [-0.1, -0.05) is 19.9 Å². The Hall–Kier alpha value is -1.75. The zero-order chi connectivity index (χ0) is 16.5. The molecule has 5 nitrogen and oxygen atoms in total. The van der Waals surface area contributed by atoms with E-state index in [1.165, 1.54) is 0 Å². The summed E-state index contributed by atoms with van der Waals surface area (Å²) in [5.74, 6) is 1.48. The molecule has 1 aromatic rings. The van der Waals surface area contributed by atoms with Crippen LogP contribution in [0.15, 0.2) is 18.2 Å². The molecule has 0 radical (unpaired) electrons. The van der Waals surface area contributed by atoms with Crippen LogP contribution in [0.3, 0.4) is 0 Å². The second-order valence-corrected chi connectivity index (χ2v) is 5.44. The van der Waals surface area contributed by atoms with Gasteiger partial charge in [0.05, 0.1) is 20.8 Å². The molecule has 0 aliphatic heterocycles. The molecule has 22 heavy (non-hydrogen) atoms. The van der Waals surface area contributed by atoms with Gasteiger partial charge in [0.15, 0.2) is 11.5 Å². The summed E-state index contributed by atoms with van der Waals surface area (Å²) in [6.07, 6.45) is 1.92. The van der Waals surface area contributed by atoms with Crippen molar-refractivity contribution in [1.82, 2.24) is 10.2 Å². The predicted octanol–water partition coefficient (Wildman–Crippen LogP) is 2.44. The summed E-state index contributed by atoms with van der Waals surface area (Å²) in [6, 6.07) is 6.07. The van der Waals surface area contributed by atoms with Crippen LogP contribution >= 0.6 is 0 Å². The largest absolute Gasteiger partial charge is 0.493 e. The highest BCUT2D eigenvalue weighted by Gasteiger charge is 2.12. The highest BCUT2D eigenvalue weighted by atomic mass is 16.5. The molecule has 0 aliphatic rings. The van der Waals surface area contributed by atoms with E-state index in [2.05, 4.69) is 19.2 Å². The summed E-state index contributed by atoms with van der Waals surface area (Å²) in [6.45, 7) is 5.23. The second kappa shape index (κ2) is 9.30. The quantitative estimate of drug-likeness (QED) is 0.761. The first-order valence-electron chi connectivity index (χ1n) is 7.72. The summed E-state index contributed by atoms with van der Waals surface area (Å²) in [5, 5.41) is 3.05. The highest BCUT2D eigenvalue weighted by molar-refractivity contribution is 5.78. The van der Waals surface area contributed by atoms with Crippen molar-refractivity contribution in [2.45, 2.75) is 39.3 Å². The molecule has 1 N–H and O–H groups in total. The van der Waals surface area contributed by atoms with Gasteiger partial charge in [0.2, 0.25) is 5.91 Å². The number of rotatable bonds is 9. The summed E-state index contributed by atoms with van der Waals surface area (Å²) in [4.78, 5) is 14.0. The van der Waals surface area contributed by atoms with Crippen molar-refractivity contribution >= 4 is 5.91 Å². The number of hydrogen-bond acceptors (Lipinski definition) is 4. The Balaban J connectivity index is 2.57. The van der Waals surface area contributed by atoms with Crippen molar-refractivity contribution in [3.05, 3.63) is 23.8 Å². The third-order valence-corrected chi connectivity index (χ3v) is 3.66. The lowest BCUT2D eigenvalue weighted by Gasteiger charge is -2.20. The minimum Gasteiger partial charge on any atom is -0.493 e. The van der Waals surface area contributed by atoms with Crippen LogP contribution in [0.4, 0.5) is 0 Å². The van der Waals surface area contributed by atoms with Crippen molar-refractivity contribution < 1.29 is 14.3 Å². The van der Waals surface area contributed by atoms with E-state index in [0.29, 0.717) is 24.6 Å². The number of nitrogens with one attached hydrogen (secondary N) is 1. The van der Waals surface area contributed by atoms with E-state index in [4.69, 9.17) is 9.47 Å². The van der Waals surface area contributed by atoms with Gasteiger partial charge in [-0.25, -0.2) is 0 Å². The van der Waals surface area contributed by atoms with Crippen molar-refractivity contribution in [2.75, 3.05) is 27.8 Å². The Morgan fingerprint density at radius 2 is 1.82 bits per heavy atom. The van der Waals surface area contributed by atoms with Crippen molar-refractivity contribution in [3.63, 3.8) is 0 Å². The van der Waals surface area contributed by atoms with E-state index in [1.54, 1.807) is 14.2 Å². The van der Waals surface area contributed by atoms with Gasteiger partial charge >= 0.3 is 0 Å².